The molecule has 0 radical (unpaired) electrons. The van der Waals surface area contributed by atoms with Crippen LogP contribution in [0.2, 0.25) is 36.3 Å². The zero-order valence-electron chi connectivity index (χ0n) is 21.7. The lowest BCUT2D eigenvalue weighted by molar-refractivity contribution is -0.562. The van der Waals surface area contributed by atoms with Gasteiger partial charge in [0.1, 0.15) is 18.8 Å². The zero-order valence-corrected chi connectivity index (χ0v) is 23.7. The highest BCUT2D eigenvalue weighted by Gasteiger charge is 2.59. The van der Waals surface area contributed by atoms with Gasteiger partial charge in [0, 0.05) is 0 Å². The molecular weight excluding hydrogens is 430 g/mol. The van der Waals surface area contributed by atoms with Crippen molar-refractivity contribution >= 4 is 22.8 Å². The van der Waals surface area contributed by atoms with Gasteiger partial charge in [0.15, 0.2) is 34.7 Å². The molecule has 0 aromatic rings. The minimum atomic E-state index is -1.95. The van der Waals surface area contributed by atoms with E-state index in [1.807, 2.05) is 13.8 Å². The second-order valence-electron chi connectivity index (χ2n) is 12.3. The smallest absolute Gasteiger partial charge is 0.297 e. The third-order valence-electron chi connectivity index (χ3n) is 7.30. The molecule has 2 saturated heterocycles. The standard InChI is InChI=1S/C22H45NO6Si2/c1-20(2,3)30(9,10)25-14-13-23(24)19-18-17(28-22(7,8)29-18)16(27-19)15-26-31(11,12)21(4,5)6/h13,16-19H,14-15H2,1-12H3/b23-13-/t16-,17-,18-,19-/m1/s1. The van der Waals surface area contributed by atoms with Crippen molar-refractivity contribution in [2.75, 3.05) is 13.2 Å². The first kappa shape index (κ1) is 27.0. The van der Waals surface area contributed by atoms with Crippen LogP contribution in [-0.4, -0.2) is 71.1 Å². The summed E-state index contributed by atoms with van der Waals surface area (Å²) in [6, 6.07) is 0. The second kappa shape index (κ2) is 8.81. The third kappa shape index (κ3) is 6.19. The number of fused-ring (bicyclic) bond motifs is 1. The summed E-state index contributed by atoms with van der Waals surface area (Å²) in [7, 11) is -3.89. The average molecular weight is 476 g/mol. The van der Waals surface area contributed by atoms with Gasteiger partial charge in [0.2, 0.25) is 0 Å². The molecule has 2 aliphatic rings. The Bertz CT molecular complexity index is 666. The Kier molecular flexibility index (Phi) is 7.66. The Balaban J connectivity index is 2.10. The minimum Gasteiger partial charge on any atom is -0.622 e. The Labute approximate surface area is 191 Å². The molecular formula is C22H45NO6Si2. The first-order chi connectivity index (χ1) is 13.8. The molecule has 0 aromatic carbocycles. The van der Waals surface area contributed by atoms with Crippen LogP contribution in [0.4, 0.5) is 0 Å². The number of hydrogen-bond donors (Lipinski definition) is 0. The van der Waals surface area contributed by atoms with E-state index < -0.39 is 34.8 Å². The molecule has 0 spiro atoms. The van der Waals surface area contributed by atoms with Gasteiger partial charge >= 0.3 is 0 Å². The molecule has 4 atom stereocenters. The summed E-state index contributed by atoms with van der Waals surface area (Å²) < 4.78 is 31.6. The van der Waals surface area contributed by atoms with Crippen LogP contribution in [0.25, 0.3) is 0 Å². The zero-order chi connectivity index (χ0) is 24.0. The number of hydroxylamine groups is 1. The van der Waals surface area contributed by atoms with Gasteiger partial charge in [-0.1, -0.05) is 41.5 Å². The molecule has 0 saturated carbocycles. The van der Waals surface area contributed by atoms with Gasteiger partial charge < -0.3 is 28.3 Å². The molecule has 182 valence electrons. The van der Waals surface area contributed by atoms with E-state index in [1.54, 1.807) is 0 Å². The molecule has 31 heavy (non-hydrogen) atoms. The van der Waals surface area contributed by atoms with Crippen LogP contribution < -0.4 is 0 Å². The molecule has 0 aromatic heterocycles. The Morgan fingerprint density at radius 3 is 1.90 bits per heavy atom. The van der Waals surface area contributed by atoms with Gasteiger partial charge in [-0.25, -0.2) is 0 Å². The molecule has 7 nitrogen and oxygen atoms in total. The van der Waals surface area contributed by atoms with E-state index in [0.717, 1.165) is 4.74 Å². The first-order valence-electron chi connectivity index (χ1n) is 11.4. The molecule has 9 heteroatoms. The number of nitrogens with zero attached hydrogens (tertiary/aromatic N) is 1. The van der Waals surface area contributed by atoms with Crippen LogP contribution in [0.5, 0.6) is 0 Å². The Morgan fingerprint density at radius 2 is 1.39 bits per heavy atom. The number of hydrogen-bond acceptors (Lipinski definition) is 6. The predicted molar refractivity (Wildman–Crippen MR) is 128 cm³/mol. The fraction of sp³-hybridized carbons (Fsp3) is 0.955. The fourth-order valence-electron chi connectivity index (χ4n) is 3.14. The maximum absolute atomic E-state index is 12.9. The van der Waals surface area contributed by atoms with Crippen LogP contribution >= 0.6 is 0 Å². The lowest BCUT2D eigenvalue weighted by atomic mass is 10.1. The molecule has 0 unspecified atom stereocenters. The highest BCUT2D eigenvalue weighted by molar-refractivity contribution is 6.74. The van der Waals surface area contributed by atoms with E-state index >= 15 is 0 Å². The van der Waals surface area contributed by atoms with E-state index in [4.69, 9.17) is 23.1 Å². The molecule has 0 bridgehead atoms. The van der Waals surface area contributed by atoms with Crippen molar-refractivity contribution in [3.63, 3.8) is 0 Å². The van der Waals surface area contributed by atoms with Crippen LogP contribution in [0.1, 0.15) is 55.4 Å². The SMILES string of the molecule is CC1(C)O[C@@H]2[C@H](O1)[C@@H](CO[Si](C)(C)C(C)(C)C)O[C@H]2/[N+]([O-])=C/CO[Si](C)(C)C(C)(C)C. The van der Waals surface area contributed by atoms with Gasteiger partial charge in [-0.05, 0) is 50.1 Å². The van der Waals surface area contributed by atoms with Gasteiger partial charge in [-0.3, -0.25) is 0 Å². The molecule has 0 amide bonds. The van der Waals surface area contributed by atoms with Crippen LogP contribution in [-0.2, 0) is 23.1 Å². The summed E-state index contributed by atoms with van der Waals surface area (Å²) in [5.74, 6) is -0.759. The van der Waals surface area contributed by atoms with Crippen molar-refractivity contribution in [3.05, 3.63) is 5.21 Å². The van der Waals surface area contributed by atoms with Crippen molar-refractivity contribution in [3.8, 4) is 0 Å². The van der Waals surface area contributed by atoms with E-state index in [2.05, 4.69) is 67.7 Å². The quantitative estimate of drug-likeness (QED) is 0.172. The lowest BCUT2D eigenvalue weighted by Crippen LogP contribution is -2.44. The normalized spacial score (nSPS) is 30.0. The Hall–Kier alpha value is -0.296. The largest absolute Gasteiger partial charge is 0.622 e. The average Bonchev–Trinajstić information content (AvgIpc) is 3.03. The van der Waals surface area contributed by atoms with E-state index in [0.29, 0.717) is 6.61 Å². The minimum absolute atomic E-state index is 0.0854. The lowest BCUT2D eigenvalue weighted by Gasteiger charge is -2.37. The van der Waals surface area contributed by atoms with Crippen LogP contribution in [0.3, 0.4) is 0 Å². The van der Waals surface area contributed by atoms with Gasteiger partial charge in [0.05, 0.1) is 6.61 Å². The van der Waals surface area contributed by atoms with Gasteiger partial charge in [-0.2, -0.15) is 4.74 Å². The molecule has 2 aliphatic heterocycles. The van der Waals surface area contributed by atoms with Crippen molar-refractivity contribution in [1.82, 2.24) is 0 Å². The molecule has 2 heterocycles. The third-order valence-corrected chi connectivity index (χ3v) is 16.3. The highest BCUT2D eigenvalue weighted by atomic mass is 28.4. The molecule has 2 rings (SSSR count). The first-order valence-corrected chi connectivity index (χ1v) is 17.2. The second-order valence-corrected chi connectivity index (χ2v) is 21.9. The fourth-order valence-corrected chi connectivity index (χ4v) is 5.08. The van der Waals surface area contributed by atoms with E-state index in [-0.39, 0.29) is 28.9 Å². The van der Waals surface area contributed by atoms with Crippen LogP contribution in [0, 0.1) is 5.21 Å². The summed E-state index contributed by atoms with van der Waals surface area (Å²) in [5, 5.41) is 13.1. The topological polar surface area (TPSA) is 72.2 Å². The maximum Gasteiger partial charge on any atom is 0.297 e. The maximum atomic E-state index is 12.9. The van der Waals surface area contributed by atoms with Crippen molar-refractivity contribution < 1.29 is 27.8 Å². The Morgan fingerprint density at radius 1 is 0.903 bits per heavy atom. The van der Waals surface area contributed by atoms with Crippen molar-refractivity contribution in [2.45, 2.75) is 122 Å². The summed E-state index contributed by atoms with van der Waals surface area (Å²) in [4.78, 5) is 0. The summed E-state index contributed by atoms with van der Waals surface area (Å²) in [6.45, 7) is 26.3. The molecule has 0 N–H and O–H groups in total. The van der Waals surface area contributed by atoms with Gasteiger partial charge in [-0.15, -0.1) is 0 Å². The predicted octanol–water partition coefficient (Wildman–Crippen LogP) is 4.86. The number of ether oxygens (including phenoxy) is 3. The number of rotatable bonds is 7. The van der Waals surface area contributed by atoms with Gasteiger partial charge in [0.25, 0.3) is 6.23 Å². The summed E-state index contributed by atoms with van der Waals surface area (Å²) >= 11 is 0. The molecule has 2 fully saturated rings. The highest BCUT2D eigenvalue weighted by Crippen LogP contribution is 2.41. The van der Waals surface area contributed by atoms with Crippen molar-refractivity contribution in [1.29, 1.82) is 0 Å². The van der Waals surface area contributed by atoms with Crippen molar-refractivity contribution in [2.24, 2.45) is 0 Å². The summed E-state index contributed by atoms with van der Waals surface area (Å²) in [5.41, 5.74) is 0. The molecule has 0 aliphatic carbocycles. The summed E-state index contributed by atoms with van der Waals surface area (Å²) in [6.07, 6.45) is -0.408. The monoisotopic (exact) mass is 475 g/mol. The van der Waals surface area contributed by atoms with E-state index in [1.165, 1.54) is 6.21 Å². The van der Waals surface area contributed by atoms with Crippen LogP contribution in [0.15, 0.2) is 0 Å². The van der Waals surface area contributed by atoms with E-state index in [9.17, 15) is 5.21 Å².